The zero-order valence-corrected chi connectivity index (χ0v) is 13.9. The molecule has 4 nitrogen and oxygen atoms in total. The molecule has 22 heavy (non-hydrogen) atoms. The fourth-order valence-corrected chi connectivity index (χ4v) is 3.90. The van der Waals surface area contributed by atoms with Crippen molar-refractivity contribution in [2.24, 2.45) is 0 Å². The average Bonchev–Trinajstić information content (AvgIpc) is 3.03. The Hall–Kier alpha value is -1.14. The van der Waals surface area contributed by atoms with Crippen molar-refractivity contribution < 1.29 is 5.11 Å². The van der Waals surface area contributed by atoms with Gasteiger partial charge < -0.3 is 10.0 Å². The summed E-state index contributed by atoms with van der Waals surface area (Å²) in [6, 6.07) is 8.31. The van der Waals surface area contributed by atoms with Crippen LogP contribution in [0.25, 0.3) is 0 Å². The molecule has 1 N–H and O–H groups in total. The Morgan fingerprint density at radius 1 is 1.32 bits per heavy atom. The van der Waals surface area contributed by atoms with Crippen LogP contribution in [0, 0.1) is 0 Å². The van der Waals surface area contributed by atoms with Crippen molar-refractivity contribution in [3.63, 3.8) is 0 Å². The molecule has 1 aliphatic rings. The normalized spacial score (nSPS) is 19.5. The smallest absolute Gasteiger partial charge is 0.147 e. The lowest BCUT2D eigenvalue weighted by Gasteiger charge is -2.42. The predicted octanol–water partition coefficient (Wildman–Crippen LogP) is 2.87. The van der Waals surface area contributed by atoms with E-state index >= 15 is 0 Å². The average molecular weight is 338 g/mol. The van der Waals surface area contributed by atoms with Crippen molar-refractivity contribution in [1.82, 2.24) is 9.88 Å². The monoisotopic (exact) mass is 337 g/mol. The van der Waals surface area contributed by atoms with Crippen LogP contribution in [0.2, 0.25) is 5.02 Å². The van der Waals surface area contributed by atoms with Crippen LogP contribution in [0.15, 0.2) is 35.8 Å². The number of hydrogen-bond donors (Lipinski definition) is 1. The van der Waals surface area contributed by atoms with Gasteiger partial charge in [0.15, 0.2) is 0 Å². The summed E-state index contributed by atoms with van der Waals surface area (Å²) in [5.74, 6) is 0.850. The SMILES string of the molecule is OCC[C@H]1CN(c2ncccc2Cl)CCN1Cc1cccs1. The number of rotatable bonds is 5. The maximum Gasteiger partial charge on any atom is 0.147 e. The van der Waals surface area contributed by atoms with E-state index in [1.807, 2.05) is 12.1 Å². The molecule has 0 unspecified atom stereocenters. The summed E-state index contributed by atoms with van der Waals surface area (Å²) in [6.45, 7) is 3.86. The molecule has 3 heterocycles. The van der Waals surface area contributed by atoms with Gasteiger partial charge in [0.25, 0.3) is 0 Å². The highest BCUT2D eigenvalue weighted by Gasteiger charge is 2.28. The van der Waals surface area contributed by atoms with Gasteiger partial charge in [0.05, 0.1) is 5.02 Å². The van der Waals surface area contributed by atoms with Crippen LogP contribution in [0.4, 0.5) is 5.82 Å². The van der Waals surface area contributed by atoms with E-state index in [-0.39, 0.29) is 6.61 Å². The summed E-state index contributed by atoms with van der Waals surface area (Å²) in [5.41, 5.74) is 0. The fraction of sp³-hybridized carbons (Fsp3) is 0.438. The van der Waals surface area contributed by atoms with Gasteiger partial charge in [-0.2, -0.15) is 0 Å². The number of pyridine rings is 1. The molecule has 0 saturated carbocycles. The summed E-state index contributed by atoms with van der Waals surface area (Å²) in [7, 11) is 0. The third kappa shape index (κ3) is 3.60. The number of hydrogen-bond acceptors (Lipinski definition) is 5. The summed E-state index contributed by atoms with van der Waals surface area (Å²) < 4.78 is 0. The third-order valence-electron chi connectivity index (χ3n) is 4.04. The van der Waals surface area contributed by atoms with Crippen molar-refractivity contribution in [3.05, 3.63) is 45.7 Å². The Kier molecular flexibility index (Phi) is 5.31. The second-order valence-corrected chi connectivity index (χ2v) is 6.91. The zero-order chi connectivity index (χ0) is 15.4. The number of anilines is 1. The minimum Gasteiger partial charge on any atom is -0.396 e. The number of aromatic nitrogens is 1. The lowest BCUT2D eigenvalue weighted by molar-refractivity contribution is 0.136. The number of thiophene rings is 1. The van der Waals surface area contributed by atoms with Gasteiger partial charge in [-0.05, 0) is 30.0 Å². The quantitative estimate of drug-likeness (QED) is 0.910. The van der Waals surface area contributed by atoms with E-state index < -0.39 is 0 Å². The molecule has 0 spiro atoms. The molecule has 1 saturated heterocycles. The molecule has 0 aromatic carbocycles. The van der Waals surface area contributed by atoms with Gasteiger partial charge in [0, 0.05) is 49.9 Å². The lowest BCUT2D eigenvalue weighted by atomic mass is 10.1. The molecule has 3 rings (SSSR count). The fourth-order valence-electron chi connectivity index (χ4n) is 2.93. The maximum atomic E-state index is 9.39. The van der Waals surface area contributed by atoms with Crippen molar-refractivity contribution in [2.45, 2.75) is 19.0 Å². The second kappa shape index (κ2) is 7.42. The molecule has 2 aromatic rings. The highest BCUT2D eigenvalue weighted by molar-refractivity contribution is 7.09. The Morgan fingerprint density at radius 3 is 2.95 bits per heavy atom. The Balaban J connectivity index is 1.71. The van der Waals surface area contributed by atoms with E-state index in [0.29, 0.717) is 11.1 Å². The standard InChI is InChI=1S/C16H20ClN3OS/c17-15-4-1-6-18-16(15)20-8-7-19(13(11-20)5-9-21)12-14-3-2-10-22-14/h1-4,6,10,13,21H,5,7-9,11-12H2/t13-/m0/s1. The van der Waals surface area contributed by atoms with E-state index in [2.05, 4.69) is 32.3 Å². The van der Waals surface area contributed by atoms with Crippen molar-refractivity contribution in [1.29, 1.82) is 0 Å². The number of piperazine rings is 1. The minimum absolute atomic E-state index is 0.204. The molecule has 6 heteroatoms. The van der Waals surface area contributed by atoms with Crippen LogP contribution in [0.3, 0.4) is 0 Å². The predicted molar refractivity (Wildman–Crippen MR) is 91.7 cm³/mol. The topological polar surface area (TPSA) is 39.6 Å². The van der Waals surface area contributed by atoms with E-state index in [1.165, 1.54) is 4.88 Å². The molecular formula is C16H20ClN3OS. The number of aliphatic hydroxyl groups is 1. The highest BCUT2D eigenvalue weighted by Crippen LogP contribution is 2.26. The summed E-state index contributed by atoms with van der Waals surface area (Å²) in [6.07, 6.45) is 2.55. The number of nitrogens with zero attached hydrogens (tertiary/aromatic N) is 3. The first-order chi connectivity index (χ1) is 10.8. The highest BCUT2D eigenvalue weighted by atomic mass is 35.5. The van der Waals surface area contributed by atoms with Gasteiger partial charge >= 0.3 is 0 Å². The van der Waals surface area contributed by atoms with Crippen LogP contribution >= 0.6 is 22.9 Å². The van der Waals surface area contributed by atoms with Crippen LogP contribution < -0.4 is 4.90 Å². The van der Waals surface area contributed by atoms with Gasteiger partial charge in [-0.1, -0.05) is 17.7 Å². The Labute approximate surface area is 140 Å². The first-order valence-electron chi connectivity index (χ1n) is 7.50. The van der Waals surface area contributed by atoms with Crippen molar-refractivity contribution in [2.75, 3.05) is 31.1 Å². The van der Waals surface area contributed by atoms with E-state index in [0.717, 1.165) is 38.4 Å². The Bertz CT molecular complexity index is 593. The lowest BCUT2D eigenvalue weighted by Crippen LogP contribution is -2.53. The Morgan fingerprint density at radius 2 is 2.23 bits per heavy atom. The zero-order valence-electron chi connectivity index (χ0n) is 12.4. The molecule has 1 fully saturated rings. The first kappa shape index (κ1) is 15.7. The molecule has 0 aliphatic carbocycles. The number of aliphatic hydroxyl groups excluding tert-OH is 1. The maximum absolute atomic E-state index is 9.39. The first-order valence-corrected chi connectivity index (χ1v) is 8.76. The third-order valence-corrected chi connectivity index (χ3v) is 5.20. The van der Waals surface area contributed by atoms with Crippen LogP contribution in [-0.4, -0.2) is 47.3 Å². The molecule has 2 aromatic heterocycles. The minimum atomic E-state index is 0.204. The molecule has 0 amide bonds. The number of halogens is 1. The van der Waals surface area contributed by atoms with Gasteiger partial charge in [-0.3, -0.25) is 4.90 Å². The van der Waals surface area contributed by atoms with Gasteiger partial charge in [0.2, 0.25) is 0 Å². The summed E-state index contributed by atoms with van der Waals surface area (Å²) in [4.78, 5) is 10.5. The summed E-state index contributed by atoms with van der Waals surface area (Å²) >= 11 is 8.05. The second-order valence-electron chi connectivity index (χ2n) is 5.47. The van der Waals surface area contributed by atoms with E-state index in [1.54, 1.807) is 17.5 Å². The molecular weight excluding hydrogens is 318 g/mol. The molecule has 1 aliphatic heterocycles. The van der Waals surface area contributed by atoms with Crippen LogP contribution in [-0.2, 0) is 6.54 Å². The molecule has 1 atom stereocenters. The molecule has 0 bridgehead atoms. The largest absolute Gasteiger partial charge is 0.396 e. The van der Waals surface area contributed by atoms with Gasteiger partial charge in [-0.15, -0.1) is 11.3 Å². The summed E-state index contributed by atoms with van der Waals surface area (Å²) in [5, 5.41) is 12.2. The van der Waals surface area contributed by atoms with E-state index in [4.69, 9.17) is 11.6 Å². The van der Waals surface area contributed by atoms with Crippen molar-refractivity contribution in [3.8, 4) is 0 Å². The molecule has 118 valence electrons. The van der Waals surface area contributed by atoms with E-state index in [9.17, 15) is 5.11 Å². The van der Waals surface area contributed by atoms with Gasteiger partial charge in [-0.25, -0.2) is 4.98 Å². The van der Waals surface area contributed by atoms with Crippen LogP contribution in [0.5, 0.6) is 0 Å². The van der Waals surface area contributed by atoms with Gasteiger partial charge in [0.1, 0.15) is 5.82 Å². The van der Waals surface area contributed by atoms with Crippen LogP contribution in [0.1, 0.15) is 11.3 Å². The molecule has 0 radical (unpaired) electrons. The van der Waals surface area contributed by atoms with Crippen molar-refractivity contribution >= 4 is 28.8 Å².